The number of hydrazone groups is 1. The second-order valence-corrected chi connectivity index (χ2v) is 5.62. The highest BCUT2D eigenvalue weighted by atomic mass is 35.5. The standard InChI is InChI=1S/C16H11Cl2N3O2/c1-9(20-21-15-13(18)7-11(17)8-19-15)12-6-10-4-2-3-5-14(10)23-16(12)22/h2-8H,1H3,(H,19,21)/b20-9-. The van der Waals surface area contributed by atoms with Gasteiger partial charge in [0.2, 0.25) is 0 Å². The summed E-state index contributed by atoms with van der Waals surface area (Å²) in [6.07, 6.45) is 1.45. The lowest BCUT2D eigenvalue weighted by Crippen LogP contribution is -2.13. The van der Waals surface area contributed by atoms with Crippen molar-refractivity contribution in [1.29, 1.82) is 0 Å². The van der Waals surface area contributed by atoms with E-state index in [1.54, 1.807) is 25.1 Å². The van der Waals surface area contributed by atoms with Crippen LogP contribution in [-0.2, 0) is 0 Å². The molecule has 0 saturated carbocycles. The van der Waals surface area contributed by atoms with E-state index >= 15 is 0 Å². The van der Waals surface area contributed by atoms with E-state index < -0.39 is 5.63 Å². The van der Waals surface area contributed by atoms with Crippen LogP contribution >= 0.6 is 23.2 Å². The monoisotopic (exact) mass is 347 g/mol. The van der Waals surface area contributed by atoms with Crippen LogP contribution in [0.1, 0.15) is 12.5 Å². The van der Waals surface area contributed by atoms with E-state index in [0.29, 0.717) is 32.7 Å². The molecule has 7 heteroatoms. The van der Waals surface area contributed by atoms with E-state index in [-0.39, 0.29) is 0 Å². The van der Waals surface area contributed by atoms with Gasteiger partial charge >= 0.3 is 5.63 Å². The van der Waals surface area contributed by atoms with Crippen LogP contribution in [0, 0.1) is 0 Å². The Balaban J connectivity index is 1.94. The first-order valence-electron chi connectivity index (χ1n) is 6.69. The first-order chi connectivity index (χ1) is 11.0. The SMILES string of the molecule is C/C(=N/Nc1ncc(Cl)cc1Cl)c1cc2ccccc2oc1=O. The molecular formula is C16H11Cl2N3O2. The molecule has 0 radical (unpaired) electrons. The number of benzene rings is 1. The summed E-state index contributed by atoms with van der Waals surface area (Å²) < 4.78 is 5.28. The third-order valence-corrected chi connectivity index (χ3v) is 3.66. The van der Waals surface area contributed by atoms with Crippen molar-refractivity contribution in [2.45, 2.75) is 6.92 Å². The third-order valence-electron chi connectivity index (χ3n) is 3.17. The predicted molar refractivity (Wildman–Crippen MR) is 92.6 cm³/mol. The minimum atomic E-state index is -0.457. The Hall–Kier alpha value is -2.37. The number of pyridine rings is 1. The smallest absolute Gasteiger partial charge is 0.345 e. The van der Waals surface area contributed by atoms with Crippen molar-refractivity contribution in [3.63, 3.8) is 0 Å². The lowest BCUT2D eigenvalue weighted by Gasteiger charge is -2.05. The fraction of sp³-hybridized carbons (Fsp3) is 0.0625. The van der Waals surface area contributed by atoms with E-state index in [9.17, 15) is 4.79 Å². The summed E-state index contributed by atoms with van der Waals surface area (Å²) in [6.45, 7) is 1.69. The Labute approximate surface area is 141 Å². The number of hydrogen-bond acceptors (Lipinski definition) is 5. The van der Waals surface area contributed by atoms with Gasteiger partial charge in [-0.05, 0) is 25.1 Å². The van der Waals surface area contributed by atoms with Crippen LogP contribution in [-0.4, -0.2) is 10.7 Å². The van der Waals surface area contributed by atoms with Gasteiger partial charge in [0.25, 0.3) is 0 Å². The number of fused-ring (bicyclic) bond motifs is 1. The van der Waals surface area contributed by atoms with Crippen LogP contribution in [0.4, 0.5) is 5.82 Å². The van der Waals surface area contributed by atoms with E-state index in [0.717, 1.165) is 5.39 Å². The number of aromatic nitrogens is 1. The molecule has 5 nitrogen and oxygen atoms in total. The highest BCUT2D eigenvalue weighted by molar-refractivity contribution is 6.35. The summed E-state index contributed by atoms with van der Waals surface area (Å²) in [5.74, 6) is 0.348. The molecule has 3 rings (SSSR count). The number of nitrogens with zero attached hydrogens (tertiary/aromatic N) is 2. The predicted octanol–water partition coefficient (Wildman–Crippen LogP) is 4.33. The molecule has 0 amide bonds. The molecular weight excluding hydrogens is 337 g/mol. The molecule has 0 bridgehead atoms. The van der Waals surface area contributed by atoms with Crippen molar-refractivity contribution in [3.05, 3.63) is 68.6 Å². The summed E-state index contributed by atoms with van der Waals surface area (Å²) in [5.41, 5.74) is 3.61. The van der Waals surface area contributed by atoms with Crippen LogP contribution in [0.25, 0.3) is 11.0 Å². The molecule has 1 aromatic carbocycles. The number of nitrogens with one attached hydrogen (secondary N) is 1. The Morgan fingerprint density at radius 1 is 1.26 bits per heavy atom. The molecule has 0 fully saturated rings. The summed E-state index contributed by atoms with van der Waals surface area (Å²) in [5, 5.41) is 5.72. The summed E-state index contributed by atoms with van der Waals surface area (Å²) in [4.78, 5) is 16.1. The maximum Gasteiger partial charge on any atom is 0.345 e. The molecule has 3 aromatic rings. The molecule has 0 aliphatic rings. The lowest BCUT2D eigenvalue weighted by atomic mass is 10.1. The average Bonchev–Trinajstić information content (AvgIpc) is 2.53. The Morgan fingerprint density at radius 2 is 2.04 bits per heavy atom. The third kappa shape index (κ3) is 3.36. The zero-order valence-electron chi connectivity index (χ0n) is 12.0. The van der Waals surface area contributed by atoms with E-state index in [1.165, 1.54) is 6.20 Å². The Bertz CT molecular complexity index is 967. The Kier molecular flexibility index (Phi) is 4.32. The molecule has 0 unspecified atom stereocenters. The quantitative estimate of drug-likeness (QED) is 0.435. The number of para-hydroxylation sites is 1. The van der Waals surface area contributed by atoms with Gasteiger partial charge in [0.15, 0.2) is 5.82 Å². The molecule has 0 aliphatic heterocycles. The molecule has 23 heavy (non-hydrogen) atoms. The van der Waals surface area contributed by atoms with Gasteiger partial charge in [-0.3, -0.25) is 5.43 Å². The lowest BCUT2D eigenvalue weighted by molar-refractivity contribution is 0.559. The van der Waals surface area contributed by atoms with Gasteiger partial charge < -0.3 is 4.42 Å². The van der Waals surface area contributed by atoms with Crippen LogP contribution in [0.3, 0.4) is 0 Å². The highest BCUT2D eigenvalue weighted by Gasteiger charge is 2.09. The largest absolute Gasteiger partial charge is 0.422 e. The van der Waals surface area contributed by atoms with Crippen molar-refractivity contribution in [3.8, 4) is 0 Å². The maximum atomic E-state index is 12.1. The summed E-state index contributed by atoms with van der Waals surface area (Å²) in [7, 11) is 0. The normalized spacial score (nSPS) is 11.7. The number of hydrogen-bond donors (Lipinski definition) is 1. The average molecular weight is 348 g/mol. The number of anilines is 1. The Morgan fingerprint density at radius 3 is 2.83 bits per heavy atom. The van der Waals surface area contributed by atoms with Gasteiger partial charge in [0.05, 0.1) is 21.3 Å². The van der Waals surface area contributed by atoms with E-state index in [2.05, 4.69) is 15.5 Å². The highest BCUT2D eigenvalue weighted by Crippen LogP contribution is 2.22. The molecule has 0 atom stereocenters. The second-order valence-electron chi connectivity index (χ2n) is 4.78. The van der Waals surface area contributed by atoms with Crippen molar-refractivity contribution < 1.29 is 4.42 Å². The van der Waals surface area contributed by atoms with Gasteiger partial charge in [-0.1, -0.05) is 41.4 Å². The maximum absolute atomic E-state index is 12.1. The van der Waals surface area contributed by atoms with Gasteiger partial charge in [-0.2, -0.15) is 5.10 Å². The van der Waals surface area contributed by atoms with Crippen LogP contribution in [0.5, 0.6) is 0 Å². The molecule has 0 saturated heterocycles. The van der Waals surface area contributed by atoms with Gasteiger partial charge in [0.1, 0.15) is 5.58 Å². The fourth-order valence-corrected chi connectivity index (χ4v) is 2.43. The zero-order valence-corrected chi connectivity index (χ0v) is 13.5. The minimum Gasteiger partial charge on any atom is -0.422 e. The molecule has 116 valence electrons. The molecule has 1 N–H and O–H groups in total. The van der Waals surface area contributed by atoms with Crippen molar-refractivity contribution in [2.24, 2.45) is 5.10 Å². The van der Waals surface area contributed by atoms with Crippen LogP contribution in [0.2, 0.25) is 10.0 Å². The second kappa shape index (κ2) is 6.40. The van der Waals surface area contributed by atoms with Gasteiger partial charge in [0, 0.05) is 11.6 Å². The van der Waals surface area contributed by atoms with Gasteiger partial charge in [-0.25, -0.2) is 9.78 Å². The molecule has 2 aromatic heterocycles. The van der Waals surface area contributed by atoms with Crippen molar-refractivity contribution in [2.75, 3.05) is 5.43 Å². The first-order valence-corrected chi connectivity index (χ1v) is 7.45. The van der Waals surface area contributed by atoms with Crippen LogP contribution < -0.4 is 11.1 Å². The number of halogens is 2. The summed E-state index contributed by atoms with van der Waals surface area (Å²) >= 11 is 11.8. The minimum absolute atomic E-state index is 0.333. The van der Waals surface area contributed by atoms with Crippen LogP contribution in [0.15, 0.2) is 56.9 Å². The van der Waals surface area contributed by atoms with E-state index in [1.807, 2.05) is 18.2 Å². The number of rotatable bonds is 3. The topological polar surface area (TPSA) is 67.5 Å². The first kappa shape index (κ1) is 15.5. The van der Waals surface area contributed by atoms with Gasteiger partial charge in [-0.15, -0.1) is 0 Å². The fourth-order valence-electron chi connectivity index (χ4n) is 2.01. The molecule has 2 heterocycles. The zero-order chi connectivity index (χ0) is 16.4. The van der Waals surface area contributed by atoms with Crippen molar-refractivity contribution >= 4 is 45.7 Å². The van der Waals surface area contributed by atoms with E-state index in [4.69, 9.17) is 27.6 Å². The molecule has 0 spiro atoms. The molecule has 0 aliphatic carbocycles. The summed E-state index contributed by atoms with van der Waals surface area (Å²) in [6, 6.07) is 10.6. The van der Waals surface area contributed by atoms with Crippen molar-refractivity contribution in [1.82, 2.24) is 4.98 Å².